The van der Waals surface area contributed by atoms with Crippen LogP contribution in [0.1, 0.15) is 38.7 Å². The third kappa shape index (κ3) is 3.07. The third-order valence-electron chi connectivity index (χ3n) is 5.54. The van der Waals surface area contributed by atoms with Crippen molar-refractivity contribution in [1.29, 1.82) is 5.26 Å². The number of hydrogen-bond acceptors (Lipinski definition) is 4. The molecule has 0 aliphatic carbocycles. The first-order chi connectivity index (χ1) is 14.6. The highest BCUT2D eigenvalue weighted by molar-refractivity contribution is 5.99. The molecule has 1 atom stereocenters. The van der Waals surface area contributed by atoms with E-state index in [0.717, 1.165) is 16.7 Å². The Bertz CT molecular complexity index is 1360. The van der Waals surface area contributed by atoms with E-state index < -0.39 is 5.76 Å². The number of nitrogens with zero attached hydrogens (tertiary/aromatic N) is 2. The molecule has 0 saturated carbocycles. The number of carbonyl (C=O) groups is 1. The molecule has 0 spiro atoms. The van der Waals surface area contributed by atoms with Crippen molar-refractivity contribution >= 4 is 17.0 Å². The summed E-state index contributed by atoms with van der Waals surface area (Å²) in [7, 11) is 0. The average molecular weight is 395 g/mol. The quantitative estimate of drug-likeness (QED) is 0.567. The van der Waals surface area contributed by atoms with Crippen LogP contribution in [0, 0.1) is 11.3 Å². The normalized spacial score (nSPS) is 15.4. The van der Waals surface area contributed by atoms with Crippen LogP contribution < -0.4 is 5.76 Å². The SMILES string of the molecule is N#Cc1ccc(CC2c3ccccc3C(=O)N2Cc2ccc3[nH]c(=O)oc3c2)cc1. The second-order valence-corrected chi connectivity index (χ2v) is 7.39. The lowest BCUT2D eigenvalue weighted by molar-refractivity contribution is 0.0709. The minimum Gasteiger partial charge on any atom is -0.408 e. The van der Waals surface area contributed by atoms with E-state index in [0.29, 0.717) is 35.2 Å². The van der Waals surface area contributed by atoms with Crippen molar-refractivity contribution in [2.75, 3.05) is 0 Å². The molecule has 5 rings (SSSR count). The van der Waals surface area contributed by atoms with Crippen molar-refractivity contribution < 1.29 is 9.21 Å². The van der Waals surface area contributed by atoms with E-state index in [2.05, 4.69) is 11.1 Å². The van der Waals surface area contributed by atoms with Gasteiger partial charge in [-0.05, 0) is 53.4 Å². The molecule has 1 N–H and O–H groups in total. The first-order valence-electron chi connectivity index (χ1n) is 9.63. The van der Waals surface area contributed by atoms with Gasteiger partial charge >= 0.3 is 5.76 Å². The highest BCUT2D eigenvalue weighted by Gasteiger charge is 2.36. The zero-order chi connectivity index (χ0) is 20.7. The van der Waals surface area contributed by atoms with Crippen LogP contribution in [-0.2, 0) is 13.0 Å². The average Bonchev–Trinajstić information content (AvgIpc) is 3.26. The highest BCUT2D eigenvalue weighted by atomic mass is 16.4. The van der Waals surface area contributed by atoms with Crippen LogP contribution in [0.15, 0.2) is 75.9 Å². The Kier molecular flexibility index (Phi) is 4.22. The number of nitrogens with one attached hydrogen (secondary N) is 1. The third-order valence-corrected chi connectivity index (χ3v) is 5.54. The summed E-state index contributed by atoms with van der Waals surface area (Å²) in [5.74, 6) is -0.509. The van der Waals surface area contributed by atoms with E-state index in [1.165, 1.54) is 0 Å². The van der Waals surface area contributed by atoms with Crippen molar-refractivity contribution in [3.8, 4) is 6.07 Å². The van der Waals surface area contributed by atoms with Crippen molar-refractivity contribution in [2.45, 2.75) is 19.0 Å². The molecular weight excluding hydrogens is 378 g/mol. The predicted octanol–water partition coefficient (Wildman–Crippen LogP) is 3.93. The molecule has 0 radical (unpaired) electrons. The Hall–Kier alpha value is -4.11. The molecule has 1 aromatic heterocycles. The molecule has 1 aliphatic rings. The van der Waals surface area contributed by atoms with E-state index in [1.807, 2.05) is 47.4 Å². The Labute approximate surface area is 172 Å². The number of fused-ring (bicyclic) bond motifs is 2. The molecule has 1 aliphatic heterocycles. The molecule has 1 amide bonds. The largest absolute Gasteiger partial charge is 0.417 e. The Morgan fingerprint density at radius 1 is 1.00 bits per heavy atom. The van der Waals surface area contributed by atoms with Crippen LogP contribution in [0.4, 0.5) is 0 Å². The minimum atomic E-state index is -0.495. The molecule has 0 fully saturated rings. The molecule has 146 valence electrons. The second kappa shape index (κ2) is 7.05. The van der Waals surface area contributed by atoms with Crippen molar-refractivity contribution in [3.05, 3.63) is 105 Å². The summed E-state index contributed by atoms with van der Waals surface area (Å²) >= 11 is 0. The summed E-state index contributed by atoms with van der Waals surface area (Å²) < 4.78 is 5.17. The van der Waals surface area contributed by atoms with Gasteiger partial charge in [0.05, 0.1) is 23.2 Å². The summed E-state index contributed by atoms with van der Waals surface area (Å²) in [6.45, 7) is 0.402. The van der Waals surface area contributed by atoms with E-state index in [4.69, 9.17) is 9.68 Å². The van der Waals surface area contributed by atoms with Gasteiger partial charge in [0, 0.05) is 12.1 Å². The Morgan fingerprint density at radius 2 is 1.77 bits per heavy atom. The minimum absolute atomic E-state index is 0.0140. The molecule has 0 bridgehead atoms. The van der Waals surface area contributed by atoms with Crippen molar-refractivity contribution in [2.24, 2.45) is 0 Å². The molecule has 3 aromatic carbocycles. The Morgan fingerprint density at radius 3 is 2.57 bits per heavy atom. The van der Waals surface area contributed by atoms with E-state index in [-0.39, 0.29) is 11.9 Å². The Balaban J connectivity index is 1.49. The maximum Gasteiger partial charge on any atom is 0.417 e. The van der Waals surface area contributed by atoms with Gasteiger partial charge in [-0.1, -0.05) is 36.4 Å². The van der Waals surface area contributed by atoms with Gasteiger partial charge in [-0.3, -0.25) is 9.78 Å². The van der Waals surface area contributed by atoms with Gasteiger partial charge < -0.3 is 9.32 Å². The molecular formula is C24H17N3O3. The number of hydrogen-bond donors (Lipinski definition) is 1. The van der Waals surface area contributed by atoms with Gasteiger partial charge in [-0.2, -0.15) is 5.26 Å². The summed E-state index contributed by atoms with van der Waals surface area (Å²) in [6.07, 6.45) is 0.649. The van der Waals surface area contributed by atoms with Gasteiger partial charge in [0.2, 0.25) is 0 Å². The van der Waals surface area contributed by atoms with E-state index >= 15 is 0 Å². The van der Waals surface area contributed by atoms with Gasteiger partial charge in [-0.15, -0.1) is 0 Å². The van der Waals surface area contributed by atoms with Crippen molar-refractivity contribution in [1.82, 2.24) is 9.88 Å². The van der Waals surface area contributed by atoms with Crippen LogP contribution in [0.25, 0.3) is 11.1 Å². The zero-order valence-electron chi connectivity index (χ0n) is 16.0. The lowest BCUT2D eigenvalue weighted by Crippen LogP contribution is -2.28. The van der Waals surface area contributed by atoms with Crippen molar-refractivity contribution in [3.63, 3.8) is 0 Å². The maximum absolute atomic E-state index is 13.2. The number of nitriles is 1. The van der Waals surface area contributed by atoms with E-state index in [9.17, 15) is 9.59 Å². The first-order valence-corrected chi connectivity index (χ1v) is 9.63. The number of aromatic nitrogens is 1. The smallest absolute Gasteiger partial charge is 0.408 e. The summed E-state index contributed by atoms with van der Waals surface area (Å²) in [5.41, 5.74) is 5.38. The predicted molar refractivity (Wildman–Crippen MR) is 111 cm³/mol. The molecule has 6 nitrogen and oxygen atoms in total. The van der Waals surface area contributed by atoms with Crippen LogP contribution in [0.2, 0.25) is 0 Å². The molecule has 2 heterocycles. The standard InChI is InChI=1S/C24H17N3O3/c25-13-16-7-5-15(6-8-16)11-21-18-3-1-2-4-19(18)23(28)27(21)14-17-9-10-20-22(12-17)30-24(29)26-20/h1-10,12,21H,11,14H2,(H,26,29). The van der Waals surface area contributed by atoms with Gasteiger partial charge in [-0.25, -0.2) is 4.79 Å². The van der Waals surface area contributed by atoms with Crippen LogP contribution >= 0.6 is 0 Å². The molecule has 0 saturated heterocycles. The molecule has 1 unspecified atom stereocenters. The molecule has 30 heavy (non-hydrogen) atoms. The summed E-state index contributed by atoms with van der Waals surface area (Å²) in [6, 6.07) is 22.6. The summed E-state index contributed by atoms with van der Waals surface area (Å²) in [4.78, 5) is 29.1. The maximum atomic E-state index is 13.2. The second-order valence-electron chi connectivity index (χ2n) is 7.39. The first kappa shape index (κ1) is 18.0. The lowest BCUT2D eigenvalue weighted by Gasteiger charge is -2.26. The fourth-order valence-electron chi connectivity index (χ4n) is 4.07. The van der Waals surface area contributed by atoms with E-state index in [1.54, 1.807) is 24.3 Å². The monoisotopic (exact) mass is 395 g/mol. The number of rotatable bonds is 4. The number of amides is 1. The number of aromatic amines is 1. The number of benzene rings is 3. The van der Waals surface area contributed by atoms with Gasteiger partial charge in [0.15, 0.2) is 5.58 Å². The van der Waals surface area contributed by atoms with Crippen LogP contribution in [-0.4, -0.2) is 15.8 Å². The zero-order valence-corrected chi connectivity index (χ0v) is 16.0. The number of carbonyl (C=O) groups excluding carboxylic acids is 1. The van der Waals surface area contributed by atoms with Gasteiger partial charge in [0.25, 0.3) is 5.91 Å². The lowest BCUT2D eigenvalue weighted by atomic mass is 9.97. The molecule has 4 aromatic rings. The van der Waals surface area contributed by atoms with Gasteiger partial charge in [0.1, 0.15) is 0 Å². The fraction of sp³-hybridized carbons (Fsp3) is 0.125. The van der Waals surface area contributed by atoms with Crippen LogP contribution in [0.5, 0.6) is 0 Å². The fourth-order valence-corrected chi connectivity index (χ4v) is 4.07. The highest BCUT2D eigenvalue weighted by Crippen LogP contribution is 2.37. The molecule has 6 heteroatoms. The summed E-state index contributed by atoms with van der Waals surface area (Å²) in [5, 5.41) is 9.03. The van der Waals surface area contributed by atoms with Crippen LogP contribution in [0.3, 0.4) is 0 Å². The number of oxazole rings is 1. The topological polar surface area (TPSA) is 90.1 Å². The number of H-pyrrole nitrogens is 1.